The fraction of sp³-hybridized carbons (Fsp3) is 0.273. The topological polar surface area (TPSA) is 60.7 Å². The number of carbonyl (C=O) groups excluding carboxylic acids is 1. The van der Waals surface area contributed by atoms with Crippen molar-refractivity contribution < 1.29 is 4.79 Å². The van der Waals surface area contributed by atoms with E-state index in [-0.39, 0.29) is 5.78 Å². The van der Waals surface area contributed by atoms with E-state index < -0.39 is 0 Å². The molecule has 0 aliphatic heterocycles. The number of aromatic nitrogens is 4. The van der Waals surface area contributed by atoms with Crippen molar-refractivity contribution in [3.8, 4) is 11.4 Å². The van der Waals surface area contributed by atoms with E-state index in [1.165, 1.54) is 6.92 Å². The lowest BCUT2D eigenvalue weighted by atomic mass is 10.2. The third-order valence-electron chi connectivity index (χ3n) is 2.32. The van der Waals surface area contributed by atoms with Gasteiger partial charge in [-0.05, 0) is 13.8 Å². The minimum absolute atomic E-state index is 0.0183. The van der Waals surface area contributed by atoms with E-state index in [1.54, 1.807) is 24.0 Å². The quantitative estimate of drug-likeness (QED) is 0.712. The highest BCUT2D eigenvalue weighted by atomic mass is 16.1. The first-order valence-electron chi connectivity index (χ1n) is 4.91. The Balaban J connectivity index is 2.45. The van der Waals surface area contributed by atoms with Gasteiger partial charge in [-0.3, -0.25) is 9.48 Å². The molecule has 5 heteroatoms. The van der Waals surface area contributed by atoms with Crippen LogP contribution in [0.25, 0.3) is 11.4 Å². The maximum absolute atomic E-state index is 11.2. The highest BCUT2D eigenvalue weighted by Crippen LogP contribution is 2.15. The highest BCUT2D eigenvalue weighted by molar-refractivity contribution is 5.94. The van der Waals surface area contributed by atoms with Crippen molar-refractivity contribution in [3.63, 3.8) is 0 Å². The molecule has 2 aromatic heterocycles. The molecule has 0 amide bonds. The lowest BCUT2D eigenvalue weighted by molar-refractivity contribution is 0.101. The summed E-state index contributed by atoms with van der Waals surface area (Å²) in [4.78, 5) is 19.7. The Labute approximate surface area is 93.2 Å². The normalized spacial score (nSPS) is 10.4. The third kappa shape index (κ3) is 1.84. The molecule has 0 aromatic carbocycles. The van der Waals surface area contributed by atoms with Gasteiger partial charge in [0.2, 0.25) is 0 Å². The van der Waals surface area contributed by atoms with Gasteiger partial charge in [-0.25, -0.2) is 9.97 Å². The lowest BCUT2D eigenvalue weighted by Crippen LogP contribution is -2.01. The Morgan fingerprint density at radius 3 is 2.62 bits per heavy atom. The van der Waals surface area contributed by atoms with Crippen LogP contribution in [-0.2, 0) is 7.05 Å². The molecule has 2 aromatic rings. The summed E-state index contributed by atoms with van der Waals surface area (Å²) in [5.74, 6) is 0.575. The molecule has 0 fully saturated rings. The minimum atomic E-state index is -0.0183. The second-order valence-corrected chi connectivity index (χ2v) is 3.65. The third-order valence-corrected chi connectivity index (χ3v) is 2.32. The van der Waals surface area contributed by atoms with Crippen molar-refractivity contribution in [2.24, 2.45) is 7.05 Å². The Hall–Kier alpha value is -2.04. The highest BCUT2D eigenvalue weighted by Gasteiger charge is 2.09. The number of nitrogens with zero attached hydrogens (tertiary/aromatic N) is 4. The summed E-state index contributed by atoms with van der Waals surface area (Å²) < 4.78 is 1.69. The van der Waals surface area contributed by atoms with E-state index in [9.17, 15) is 4.79 Å². The van der Waals surface area contributed by atoms with Crippen LogP contribution >= 0.6 is 0 Å². The first-order chi connectivity index (χ1) is 7.58. The molecule has 5 nitrogen and oxygen atoms in total. The van der Waals surface area contributed by atoms with Gasteiger partial charge in [0.15, 0.2) is 11.6 Å². The molecule has 2 heterocycles. The molecule has 0 radical (unpaired) electrons. The van der Waals surface area contributed by atoms with Gasteiger partial charge in [-0.1, -0.05) is 0 Å². The van der Waals surface area contributed by atoms with Crippen molar-refractivity contribution >= 4 is 5.78 Å². The standard InChI is InChI=1S/C11H12N4O/c1-7-10(8(2)16)5-12-11(14-7)9-4-13-15(3)6-9/h4-6H,1-3H3. The Morgan fingerprint density at radius 1 is 1.38 bits per heavy atom. The number of carbonyl (C=O) groups is 1. The van der Waals surface area contributed by atoms with E-state index in [1.807, 2.05) is 13.2 Å². The predicted molar refractivity (Wildman–Crippen MR) is 59.0 cm³/mol. The van der Waals surface area contributed by atoms with Gasteiger partial charge in [-0.15, -0.1) is 0 Å². The number of ketones is 1. The largest absolute Gasteiger partial charge is 0.294 e. The van der Waals surface area contributed by atoms with E-state index in [4.69, 9.17) is 0 Å². The van der Waals surface area contributed by atoms with Crippen LogP contribution in [0.1, 0.15) is 23.0 Å². The first-order valence-corrected chi connectivity index (χ1v) is 4.91. The summed E-state index contributed by atoms with van der Waals surface area (Å²) in [6.45, 7) is 3.31. The summed E-state index contributed by atoms with van der Waals surface area (Å²) in [5.41, 5.74) is 2.11. The molecule has 0 spiro atoms. The fourth-order valence-corrected chi connectivity index (χ4v) is 1.49. The summed E-state index contributed by atoms with van der Waals surface area (Å²) in [6.07, 6.45) is 5.09. The number of aryl methyl sites for hydroxylation is 2. The van der Waals surface area contributed by atoms with Crippen LogP contribution < -0.4 is 0 Å². The maximum Gasteiger partial charge on any atom is 0.163 e. The summed E-state index contributed by atoms with van der Waals surface area (Å²) in [6, 6.07) is 0. The van der Waals surface area contributed by atoms with Crippen LogP contribution in [0.2, 0.25) is 0 Å². The van der Waals surface area contributed by atoms with Gasteiger partial charge in [0, 0.05) is 19.4 Å². The van der Waals surface area contributed by atoms with Crippen molar-refractivity contribution in [1.29, 1.82) is 0 Å². The Morgan fingerprint density at radius 2 is 2.12 bits per heavy atom. The molecule has 0 saturated carbocycles. The van der Waals surface area contributed by atoms with Gasteiger partial charge >= 0.3 is 0 Å². The van der Waals surface area contributed by atoms with Crippen molar-refractivity contribution in [1.82, 2.24) is 19.7 Å². The summed E-state index contributed by atoms with van der Waals surface area (Å²) >= 11 is 0. The lowest BCUT2D eigenvalue weighted by Gasteiger charge is -2.02. The zero-order chi connectivity index (χ0) is 11.7. The molecule has 0 bridgehead atoms. The van der Waals surface area contributed by atoms with Crippen LogP contribution in [0.5, 0.6) is 0 Å². The second-order valence-electron chi connectivity index (χ2n) is 3.65. The van der Waals surface area contributed by atoms with Crippen LogP contribution in [0.3, 0.4) is 0 Å². The van der Waals surface area contributed by atoms with Crippen LogP contribution in [0.4, 0.5) is 0 Å². The summed E-state index contributed by atoms with van der Waals surface area (Å²) in [5, 5.41) is 4.05. The van der Waals surface area contributed by atoms with Gasteiger partial charge in [0.25, 0.3) is 0 Å². The molecule has 0 N–H and O–H groups in total. The molecule has 0 aliphatic carbocycles. The van der Waals surface area contributed by atoms with E-state index in [0.29, 0.717) is 17.1 Å². The molecule has 2 rings (SSSR count). The molecular weight excluding hydrogens is 204 g/mol. The molecule has 0 aliphatic rings. The number of rotatable bonds is 2. The number of hydrogen-bond acceptors (Lipinski definition) is 4. The van der Waals surface area contributed by atoms with E-state index in [0.717, 1.165) is 5.56 Å². The molecule has 0 atom stereocenters. The molecule has 0 saturated heterocycles. The fourth-order valence-electron chi connectivity index (χ4n) is 1.49. The van der Waals surface area contributed by atoms with E-state index >= 15 is 0 Å². The molecule has 16 heavy (non-hydrogen) atoms. The van der Waals surface area contributed by atoms with Crippen molar-refractivity contribution in [2.75, 3.05) is 0 Å². The van der Waals surface area contributed by atoms with Crippen molar-refractivity contribution in [2.45, 2.75) is 13.8 Å². The smallest absolute Gasteiger partial charge is 0.163 e. The van der Waals surface area contributed by atoms with Gasteiger partial charge < -0.3 is 0 Å². The van der Waals surface area contributed by atoms with Crippen LogP contribution in [0, 0.1) is 6.92 Å². The van der Waals surface area contributed by atoms with E-state index in [2.05, 4.69) is 15.1 Å². The SMILES string of the molecule is CC(=O)c1cnc(-c2cnn(C)c2)nc1C. The van der Waals surface area contributed by atoms with Crippen molar-refractivity contribution in [3.05, 3.63) is 29.8 Å². The monoisotopic (exact) mass is 216 g/mol. The predicted octanol–water partition coefficient (Wildman–Crippen LogP) is 1.39. The zero-order valence-corrected chi connectivity index (χ0v) is 9.43. The molecule has 82 valence electrons. The summed E-state index contributed by atoms with van der Waals surface area (Å²) in [7, 11) is 1.83. The van der Waals surface area contributed by atoms with Crippen LogP contribution in [-0.4, -0.2) is 25.5 Å². The number of Topliss-reactive ketones (excluding diaryl/α,β-unsaturated/α-hetero) is 1. The van der Waals surface area contributed by atoms with Gasteiger partial charge in [0.1, 0.15) is 0 Å². The Kier molecular flexibility index (Phi) is 2.52. The average Bonchev–Trinajstić information content (AvgIpc) is 2.64. The van der Waals surface area contributed by atoms with Gasteiger partial charge in [-0.2, -0.15) is 5.10 Å². The second kappa shape index (κ2) is 3.84. The molecular formula is C11H12N4O. The molecule has 0 unspecified atom stereocenters. The number of hydrogen-bond donors (Lipinski definition) is 0. The first kappa shape index (κ1) is 10.5. The Bertz CT molecular complexity index is 545. The minimum Gasteiger partial charge on any atom is -0.294 e. The average molecular weight is 216 g/mol. The van der Waals surface area contributed by atoms with Gasteiger partial charge in [0.05, 0.1) is 23.0 Å². The van der Waals surface area contributed by atoms with Crippen LogP contribution in [0.15, 0.2) is 18.6 Å². The zero-order valence-electron chi connectivity index (χ0n) is 9.43. The maximum atomic E-state index is 11.2.